The first-order valence-corrected chi connectivity index (χ1v) is 8.20. The zero-order valence-corrected chi connectivity index (χ0v) is 15.6. The minimum atomic E-state index is 0. The Morgan fingerprint density at radius 1 is 1.29 bits per heavy atom. The second-order valence-corrected chi connectivity index (χ2v) is 6.02. The number of hydrogen-bond acceptors (Lipinski definition) is 3. The van der Waals surface area contributed by atoms with Gasteiger partial charge in [0.25, 0.3) is 0 Å². The summed E-state index contributed by atoms with van der Waals surface area (Å²) in [4.78, 5) is 6.67. The van der Waals surface area contributed by atoms with Crippen molar-refractivity contribution in [2.45, 2.75) is 12.8 Å². The van der Waals surface area contributed by atoms with Gasteiger partial charge in [0, 0.05) is 31.1 Å². The predicted octanol–water partition coefficient (Wildman–Crippen LogP) is 2.61. The maximum Gasteiger partial charge on any atom is 0.191 e. The van der Waals surface area contributed by atoms with Gasteiger partial charge in [0.1, 0.15) is 5.75 Å². The smallest absolute Gasteiger partial charge is 0.191 e. The fourth-order valence-electron chi connectivity index (χ4n) is 2.16. The SMILES string of the molecule is COc1ccc(CCCN=C(N)N2CCSCC2)cc1.I. The number of halogens is 1. The van der Waals surface area contributed by atoms with Gasteiger partial charge in [-0.3, -0.25) is 4.99 Å². The topological polar surface area (TPSA) is 50.9 Å². The summed E-state index contributed by atoms with van der Waals surface area (Å²) in [6.45, 7) is 2.85. The van der Waals surface area contributed by atoms with Gasteiger partial charge in [-0.05, 0) is 30.5 Å². The number of thioether (sulfide) groups is 1. The molecular formula is C15H24IN3OS. The highest BCUT2D eigenvalue weighted by Crippen LogP contribution is 2.12. The third-order valence-electron chi connectivity index (χ3n) is 3.39. The van der Waals surface area contributed by atoms with Crippen LogP contribution in [0.15, 0.2) is 29.3 Å². The summed E-state index contributed by atoms with van der Waals surface area (Å²) in [6.07, 6.45) is 2.05. The van der Waals surface area contributed by atoms with Gasteiger partial charge in [-0.15, -0.1) is 24.0 Å². The monoisotopic (exact) mass is 421 g/mol. The number of nitrogens with zero attached hydrogens (tertiary/aromatic N) is 2. The van der Waals surface area contributed by atoms with Crippen molar-refractivity contribution in [1.29, 1.82) is 0 Å². The minimum Gasteiger partial charge on any atom is -0.497 e. The fourth-order valence-corrected chi connectivity index (χ4v) is 3.06. The Bertz CT molecular complexity index is 433. The van der Waals surface area contributed by atoms with Gasteiger partial charge in [-0.25, -0.2) is 0 Å². The molecule has 1 saturated heterocycles. The molecule has 0 spiro atoms. The van der Waals surface area contributed by atoms with E-state index in [4.69, 9.17) is 10.5 Å². The third-order valence-corrected chi connectivity index (χ3v) is 4.33. The Balaban J connectivity index is 0.00000220. The Morgan fingerprint density at radius 3 is 2.57 bits per heavy atom. The van der Waals surface area contributed by atoms with Crippen molar-refractivity contribution >= 4 is 41.7 Å². The van der Waals surface area contributed by atoms with Crippen LogP contribution >= 0.6 is 35.7 Å². The minimum absolute atomic E-state index is 0. The van der Waals surface area contributed by atoms with Crippen LogP contribution in [0.5, 0.6) is 5.75 Å². The summed E-state index contributed by atoms with van der Waals surface area (Å²) in [5.41, 5.74) is 7.33. The highest BCUT2D eigenvalue weighted by atomic mass is 127. The van der Waals surface area contributed by atoms with Crippen LogP contribution in [0.25, 0.3) is 0 Å². The molecule has 118 valence electrons. The lowest BCUT2D eigenvalue weighted by Crippen LogP contribution is -2.42. The molecule has 4 nitrogen and oxygen atoms in total. The molecule has 0 unspecified atom stereocenters. The molecule has 1 aliphatic heterocycles. The van der Waals surface area contributed by atoms with E-state index in [1.807, 2.05) is 23.9 Å². The Morgan fingerprint density at radius 2 is 1.95 bits per heavy atom. The van der Waals surface area contributed by atoms with E-state index in [1.165, 1.54) is 5.56 Å². The number of aryl methyl sites for hydroxylation is 1. The molecule has 0 radical (unpaired) electrons. The van der Waals surface area contributed by atoms with Gasteiger partial charge >= 0.3 is 0 Å². The van der Waals surface area contributed by atoms with Crippen LogP contribution < -0.4 is 10.5 Å². The van der Waals surface area contributed by atoms with E-state index >= 15 is 0 Å². The van der Waals surface area contributed by atoms with E-state index in [0.717, 1.165) is 49.7 Å². The van der Waals surface area contributed by atoms with Crippen molar-refractivity contribution in [2.75, 3.05) is 38.2 Å². The molecule has 0 amide bonds. The van der Waals surface area contributed by atoms with Gasteiger partial charge in [-0.1, -0.05) is 12.1 Å². The summed E-state index contributed by atoms with van der Waals surface area (Å²) in [5.74, 6) is 3.92. The van der Waals surface area contributed by atoms with Crippen molar-refractivity contribution in [3.63, 3.8) is 0 Å². The number of aliphatic imine (C=N–C) groups is 1. The summed E-state index contributed by atoms with van der Waals surface area (Å²) in [5, 5.41) is 0. The quantitative estimate of drug-likeness (QED) is 0.344. The summed E-state index contributed by atoms with van der Waals surface area (Å²) in [7, 11) is 1.69. The third kappa shape index (κ3) is 6.34. The summed E-state index contributed by atoms with van der Waals surface area (Å²) >= 11 is 1.98. The Kier molecular flexibility index (Phi) is 8.91. The first-order valence-electron chi connectivity index (χ1n) is 7.05. The molecule has 0 aromatic heterocycles. The lowest BCUT2D eigenvalue weighted by molar-refractivity contribution is 0.414. The molecule has 1 aromatic carbocycles. The average Bonchev–Trinajstić information content (AvgIpc) is 2.53. The van der Waals surface area contributed by atoms with Crippen molar-refractivity contribution in [3.05, 3.63) is 29.8 Å². The highest BCUT2D eigenvalue weighted by Gasteiger charge is 2.11. The number of benzene rings is 1. The maximum absolute atomic E-state index is 6.02. The van der Waals surface area contributed by atoms with E-state index in [1.54, 1.807) is 7.11 Å². The molecule has 1 aliphatic rings. The molecule has 1 aromatic rings. The first-order chi connectivity index (χ1) is 9.79. The summed E-state index contributed by atoms with van der Waals surface area (Å²) in [6, 6.07) is 8.21. The zero-order valence-electron chi connectivity index (χ0n) is 12.5. The maximum atomic E-state index is 6.02. The number of guanidine groups is 1. The van der Waals surface area contributed by atoms with E-state index in [-0.39, 0.29) is 24.0 Å². The van der Waals surface area contributed by atoms with Gasteiger partial charge in [0.05, 0.1) is 7.11 Å². The molecule has 0 atom stereocenters. The van der Waals surface area contributed by atoms with Gasteiger partial charge in [-0.2, -0.15) is 11.8 Å². The van der Waals surface area contributed by atoms with Crippen LogP contribution in [0.4, 0.5) is 0 Å². The van der Waals surface area contributed by atoms with Crippen LogP contribution in [-0.2, 0) is 6.42 Å². The molecule has 2 N–H and O–H groups in total. The lowest BCUT2D eigenvalue weighted by Gasteiger charge is -2.27. The fraction of sp³-hybridized carbons (Fsp3) is 0.533. The first kappa shape index (κ1) is 18.4. The van der Waals surface area contributed by atoms with Crippen LogP contribution in [-0.4, -0.2) is 49.1 Å². The van der Waals surface area contributed by atoms with Crippen molar-refractivity contribution in [3.8, 4) is 5.75 Å². The van der Waals surface area contributed by atoms with E-state index < -0.39 is 0 Å². The standard InChI is InChI=1S/C15H23N3OS.HI/c1-19-14-6-4-13(5-7-14)3-2-8-17-15(16)18-9-11-20-12-10-18;/h4-7H,2-3,8-12H2,1H3,(H2,16,17);1H. The van der Waals surface area contributed by atoms with Crippen LogP contribution in [0.2, 0.25) is 0 Å². The van der Waals surface area contributed by atoms with E-state index in [0.29, 0.717) is 5.96 Å². The molecule has 21 heavy (non-hydrogen) atoms. The van der Waals surface area contributed by atoms with Gasteiger partial charge in [0.15, 0.2) is 5.96 Å². The second-order valence-electron chi connectivity index (χ2n) is 4.79. The molecule has 1 fully saturated rings. The largest absolute Gasteiger partial charge is 0.497 e. The number of nitrogens with two attached hydrogens (primary N) is 1. The predicted molar refractivity (Wildman–Crippen MR) is 102 cm³/mol. The lowest BCUT2D eigenvalue weighted by atomic mass is 10.1. The Labute approximate surface area is 148 Å². The zero-order chi connectivity index (χ0) is 14.2. The molecule has 0 bridgehead atoms. The van der Waals surface area contributed by atoms with Crippen molar-refractivity contribution in [2.24, 2.45) is 10.7 Å². The van der Waals surface area contributed by atoms with Crippen LogP contribution in [0.3, 0.4) is 0 Å². The average molecular weight is 421 g/mol. The van der Waals surface area contributed by atoms with Crippen molar-refractivity contribution in [1.82, 2.24) is 4.90 Å². The highest BCUT2D eigenvalue weighted by molar-refractivity contribution is 14.0. The molecular weight excluding hydrogens is 397 g/mol. The van der Waals surface area contributed by atoms with E-state index in [2.05, 4.69) is 22.0 Å². The summed E-state index contributed by atoms with van der Waals surface area (Å²) < 4.78 is 5.15. The molecule has 2 rings (SSSR count). The molecule has 0 saturated carbocycles. The normalized spacial score (nSPS) is 15.5. The van der Waals surface area contributed by atoms with Gasteiger partial charge in [0.2, 0.25) is 0 Å². The molecule has 1 heterocycles. The number of rotatable bonds is 5. The Hall–Kier alpha value is -0.630. The number of methoxy groups -OCH3 is 1. The molecule has 0 aliphatic carbocycles. The van der Waals surface area contributed by atoms with Gasteiger partial charge < -0.3 is 15.4 Å². The van der Waals surface area contributed by atoms with E-state index in [9.17, 15) is 0 Å². The molecule has 6 heteroatoms. The number of hydrogen-bond donors (Lipinski definition) is 1. The number of ether oxygens (including phenoxy) is 1. The van der Waals surface area contributed by atoms with Crippen LogP contribution in [0, 0.1) is 0 Å². The van der Waals surface area contributed by atoms with Crippen LogP contribution in [0.1, 0.15) is 12.0 Å². The second kappa shape index (κ2) is 10.2. The van der Waals surface area contributed by atoms with Crippen molar-refractivity contribution < 1.29 is 4.74 Å².